The van der Waals surface area contributed by atoms with E-state index in [-0.39, 0.29) is 17.6 Å². The van der Waals surface area contributed by atoms with Crippen LogP contribution in [0.25, 0.3) is 0 Å². The van der Waals surface area contributed by atoms with Crippen LogP contribution in [0.15, 0.2) is 24.3 Å². The predicted molar refractivity (Wildman–Crippen MR) is 96.9 cm³/mol. The van der Waals surface area contributed by atoms with E-state index in [2.05, 4.69) is 15.6 Å². The number of carbonyl (C=O) groups excluding carboxylic acids is 2. The second-order valence-corrected chi connectivity index (χ2v) is 6.24. The lowest BCUT2D eigenvalue weighted by Crippen LogP contribution is -2.26. The van der Waals surface area contributed by atoms with E-state index in [0.717, 1.165) is 31.4 Å². The van der Waals surface area contributed by atoms with Crippen LogP contribution in [0, 0.1) is 11.3 Å². The Morgan fingerprint density at radius 1 is 1.23 bits per heavy atom. The van der Waals surface area contributed by atoms with Crippen molar-refractivity contribution in [2.24, 2.45) is 0 Å². The monoisotopic (exact) mass is 351 g/mol. The lowest BCUT2D eigenvalue weighted by molar-refractivity contribution is 0.0947. The summed E-state index contributed by atoms with van der Waals surface area (Å²) < 4.78 is 1.85. The molecule has 0 spiro atoms. The lowest BCUT2D eigenvalue weighted by Gasteiger charge is -2.17. The molecule has 7 nitrogen and oxygen atoms in total. The first-order chi connectivity index (χ1) is 12.6. The average molecular weight is 351 g/mol. The molecule has 134 valence electrons. The van der Waals surface area contributed by atoms with Gasteiger partial charge >= 0.3 is 0 Å². The molecule has 2 aromatic rings. The largest absolute Gasteiger partial charge is 0.351 e. The number of rotatable bonds is 5. The summed E-state index contributed by atoms with van der Waals surface area (Å²) in [6.07, 6.45) is 3.52. The highest BCUT2D eigenvalue weighted by atomic mass is 16.2. The fourth-order valence-electron chi connectivity index (χ4n) is 3.04. The Kier molecular flexibility index (Phi) is 5.32. The van der Waals surface area contributed by atoms with Crippen molar-refractivity contribution < 1.29 is 9.59 Å². The number of aromatic nitrogens is 2. The van der Waals surface area contributed by atoms with E-state index >= 15 is 0 Å². The maximum Gasteiger partial charge on any atom is 0.291 e. The second kappa shape index (κ2) is 7.83. The molecule has 2 amide bonds. The summed E-state index contributed by atoms with van der Waals surface area (Å²) in [4.78, 5) is 29.5. The van der Waals surface area contributed by atoms with Crippen LogP contribution in [0.3, 0.4) is 0 Å². The number of anilines is 1. The molecule has 1 aliphatic rings. The summed E-state index contributed by atoms with van der Waals surface area (Å²) in [5, 5.41) is 14.5. The third kappa shape index (κ3) is 3.59. The Morgan fingerprint density at radius 2 is 2.00 bits per heavy atom. The van der Waals surface area contributed by atoms with Crippen LogP contribution in [0.4, 0.5) is 5.69 Å². The van der Waals surface area contributed by atoms with Gasteiger partial charge in [0.1, 0.15) is 5.69 Å². The van der Waals surface area contributed by atoms with Crippen molar-refractivity contribution in [1.82, 2.24) is 14.9 Å². The van der Waals surface area contributed by atoms with Gasteiger partial charge in [-0.2, -0.15) is 5.26 Å². The minimum atomic E-state index is -0.354. The molecule has 0 fully saturated rings. The van der Waals surface area contributed by atoms with Gasteiger partial charge in [-0.25, -0.2) is 4.98 Å². The van der Waals surface area contributed by atoms with Crippen molar-refractivity contribution in [1.29, 1.82) is 5.26 Å². The van der Waals surface area contributed by atoms with Crippen molar-refractivity contribution in [3.05, 3.63) is 47.0 Å². The molecule has 2 heterocycles. The van der Waals surface area contributed by atoms with Crippen LogP contribution in [0.2, 0.25) is 0 Å². The number of amides is 2. The van der Waals surface area contributed by atoms with E-state index in [1.807, 2.05) is 17.6 Å². The molecule has 0 bridgehead atoms. The predicted octanol–water partition coefficient (Wildman–Crippen LogP) is 2.48. The molecule has 0 saturated heterocycles. The molecule has 1 aliphatic heterocycles. The Morgan fingerprint density at radius 3 is 2.69 bits per heavy atom. The fraction of sp³-hybridized carbons (Fsp3) is 0.368. The van der Waals surface area contributed by atoms with Crippen molar-refractivity contribution in [2.75, 3.05) is 11.9 Å². The molecule has 3 rings (SSSR count). The zero-order chi connectivity index (χ0) is 18.5. The number of nitrogens with zero attached hydrogens (tertiary/aromatic N) is 3. The molecule has 26 heavy (non-hydrogen) atoms. The molecular formula is C19H21N5O2. The first-order valence-corrected chi connectivity index (χ1v) is 8.83. The standard InChI is InChI=1S/C19H21N5O2/c1-2-10-21-18(25)16-15-5-3-4-11-24(15)17(23-16)19(26)22-14-8-6-13(12-20)7-9-14/h6-9H,2-5,10-11H2,1H3,(H,21,25)(H,22,26). The number of carbonyl (C=O) groups is 2. The topological polar surface area (TPSA) is 99.8 Å². The summed E-state index contributed by atoms with van der Waals surface area (Å²) in [7, 11) is 0. The lowest BCUT2D eigenvalue weighted by atomic mass is 10.1. The van der Waals surface area contributed by atoms with E-state index in [1.54, 1.807) is 24.3 Å². The Labute approximate surface area is 152 Å². The van der Waals surface area contributed by atoms with Gasteiger partial charge in [0.25, 0.3) is 11.8 Å². The zero-order valence-electron chi connectivity index (χ0n) is 14.7. The third-order valence-corrected chi connectivity index (χ3v) is 4.34. The van der Waals surface area contributed by atoms with E-state index in [1.165, 1.54) is 0 Å². The van der Waals surface area contributed by atoms with E-state index in [4.69, 9.17) is 5.26 Å². The number of benzene rings is 1. The number of nitrogens with one attached hydrogen (secondary N) is 2. The van der Waals surface area contributed by atoms with E-state index in [0.29, 0.717) is 30.0 Å². The fourth-order valence-corrected chi connectivity index (χ4v) is 3.04. The first-order valence-electron chi connectivity index (χ1n) is 8.83. The summed E-state index contributed by atoms with van der Waals surface area (Å²) >= 11 is 0. The highest BCUT2D eigenvalue weighted by Crippen LogP contribution is 2.22. The van der Waals surface area contributed by atoms with Crippen molar-refractivity contribution in [3.63, 3.8) is 0 Å². The summed E-state index contributed by atoms with van der Waals surface area (Å²) in [6.45, 7) is 3.25. The summed E-state index contributed by atoms with van der Waals surface area (Å²) in [5.74, 6) is -0.326. The number of fused-ring (bicyclic) bond motifs is 1. The SMILES string of the molecule is CCCNC(=O)c1nc(C(=O)Nc2ccc(C#N)cc2)n2c1CCCC2. The summed E-state index contributed by atoms with van der Waals surface area (Å²) in [6, 6.07) is 8.66. The van der Waals surface area contributed by atoms with Gasteiger partial charge in [-0.3, -0.25) is 9.59 Å². The normalized spacial score (nSPS) is 12.8. The minimum Gasteiger partial charge on any atom is -0.351 e. The third-order valence-electron chi connectivity index (χ3n) is 4.34. The molecule has 0 atom stereocenters. The first kappa shape index (κ1) is 17.7. The molecule has 2 N–H and O–H groups in total. The van der Waals surface area contributed by atoms with Crippen LogP contribution in [-0.2, 0) is 13.0 Å². The maximum absolute atomic E-state index is 12.7. The van der Waals surface area contributed by atoms with Gasteiger partial charge in [-0.05, 0) is 49.9 Å². The van der Waals surface area contributed by atoms with Gasteiger partial charge in [0.15, 0.2) is 5.82 Å². The molecule has 0 saturated carbocycles. The molecule has 1 aromatic heterocycles. The van der Waals surface area contributed by atoms with Crippen LogP contribution in [0.1, 0.15) is 58.6 Å². The summed E-state index contributed by atoms with van der Waals surface area (Å²) in [5.41, 5.74) is 2.29. The Hall–Kier alpha value is -3.14. The van der Waals surface area contributed by atoms with Gasteiger partial charge in [-0.15, -0.1) is 0 Å². The van der Waals surface area contributed by atoms with Gasteiger partial charge in [0, 0.05) is 18.8 Å². The number of nitriles is 1. The maximum atomic E-state index is 12.7. The molecular weight excluding hydrogens is 330 g/mol. The van der Waals surface area contributed by atoms with Gasteiger partial charge in [0.05, 0.1) is 17.3 Å². The number of hydrogen-bond acceptors (Lipinski definition) is 4. The Bertz CT molecular complexity index is 861. The van der Waals surface area contributed by atoms with E-state index < -0.39 is 0 Å². The average Bonchev–Trinajstić information content (AvgIpc) is 3.06. The van der Waals surface area contributed by atoms with Crippen molar-refractivity contribution >= 4 is 17.5 Å². The number of hydrogen-bond donors (Lipinski definition) is 2. The molecule has 1 aromatic carbocycles. The van der Waals surface area contributed by atoms with Crippen LogP contribution in [0.5, 0.6) is 0 Å². The minimum absolute atomic E-state index is 0.227. The quantitative estimate of drug-likeness (QED) is 0.864. The smallest absolute Gasteiger partial charge is 0.291 e. The van der Waals surface area contributed by atoms with Crippen LogP contribution in [-0.4, -0.2) is 27.9 Å². The molecule has 0 radical (unpaired) electrons. The van der Waals surface area contributed by atoms with Gasteiger partial charge in [0.2, 0.25) is 0 Å². The van der Waals surface area contributed by atoms with Crippen molar-refractivity contribution in [3.8, 4) is 6.07 Å². The van der Waals surface area contributed by atoms with Crippen molar-refractivity contribution in [2.45, 2.75) is 39.2 Å². The van der Waals surface area contributed by atoms with Crippen LogP contribution >= 0.6 is 0 Å². The molecule has 0 unspecified atom stereocenters. The highest BCUT2D eigenvalue weighted by molar-refractivity contribution is 6.03. The van der Waals surface area contributed by atoms with E-state index in [9.17, 15) is 9.59 Å². The van der Waals surface area contributed by atoms with Gasteiger partial charge in [-0.1, -0.05) is 6.92 Å². The zero-order valence-corrected chi connectivity index (χ0v) is 14.7. The Balaban J connectivity index is 1.86. The van der Waals surface area contributed by atoms with Crippen LogP contribution < -0.4 is 10.6 Å². The molecule has 0 aliphatic carbocycles. The molecule has 7 heteroatoms. The van der Waals surface area contributed by atoms with Gasteiger partial charge < -0.3 is 15.2 Å². The number of imidazole rings is 1. The highest BCUT2D eigenvalue weighted by Gasteiger charge is 2.27. The second-order valence-electron chi connectivity index (χ2n) is 6.24.